The number of halogens is 2. The molecule has 0 aliphatic carbocycles. The molecule has 2 amide bonds. The molecule has 162 valence electrons. The summed E-state index contributed by atoms with van der Waals surface area (Å²) >= 11 is 14.8. The minimum Gasteiger partial charge on any atom is -0.307 e. The Morgan fingerprint density at radius 1 is 1.03 bits per heavy atom. The van der Waals surface area contributed by atoms with Gasteiger partial charge in [0, 0.05) is 22.9 Å². The number of rotatable bonds is 3. The lowest BCUT2D eigenvalue weighted by Gasteiger charge is -2.30. The minimum atomic E-state index is -0.822. The zero-order chi connectivity index (χ0) is 22.7. The number of carbonyl (C=O) groups excluding carboxylic acids is 2. The molecule has 1 aromatic heterocycles. The zero-order valence-corrected chi connectivity index (χ0v) is 18.9. The third-order valence-electron chi connectivity index (χ3n) is 5.46. The number of hydrogen-bond donors (Lipinski definition) is 1. The van der Waals surface area contributed by atoms with Crippen molar-refractivity contribution in [3.05, 3.63) is 82.7 Å². The van der Waals surface area contributed by atoms with Crippen molar-refractivity contribution >= 4 is 69.5 Å². The molecule has 1 saturated heterocycles. The number of H-pyrrole nitrogens is 1. The van der Waals surface area contributed by atoms with Crippen molar-refractivity contribution in [3.63, 3.8) is 0 Å². The number of nitro groups is 1. The Balaban J connectivity index is 1.64. The molecule has 3 heterocycles. The molecule has 3 aromatic rings. The number of fused-ring (bicyclic) bond motifs is 2. The van der Waals surface area contributed by atoms with Gasteiger partial charge in [0.25, 0.3) is 5.69 Å². The average molecular weight is 508 g/mol. The van der Waals surface area contributed by atoms with Gasteiger partial charge in [0.1, 0.15) is 5.25 Å². The maximum Gasteiger partial charge on any atom is 0.305 e. The molecule has 2 aliphatic rings. The van der Waals surface area contributed by atoms with E-state index in [1.807, 2.05) is 0 Å². The van der Waals surface area contributed by atoms with Crippen molar-refractivity contribution in [2.45, 2.75) is 16.2 Å². The van der Waals surface area contributed by atoms with Gasteiger partial charge in [-0.3, -0.25) is 24.5 Å². The van der Waals surface area contributed by atoms with Gasteiger partial charge in [0.15, 0.2) is 0 Å². The number of aromatic amines is 1. The van der Waals surface area contributed by atoms with Crippen molar-refractivity contribution in [1.82, 2.24) is 4.98 Å². The summed E-state index contributed by atoms with van der Waals surface area (Å²) in [4.78, 5) is 53.5. The number of nitrogens with one attached hydrogen (secondary N) is 1. The van der Waals surface area contributed by atoms with Crippen LogP contribution in [0.3, 0.4) is 0 Å². The lowest BCUT2D eigenvalue weighted by molar-refractivity contribution is -0.384. The summed E-state index contributed by atoms with van der Waals surface area (Å²) in [5.41, 5.74) is 0.647. The van der Waals surface area contributed by atoms with Crippen molar-refractivity contribution in [2.75, 3.05) is 4.90 Å². The van der Waals surface area contributed by atoms with Gasteiger partial charge in [-0.2, -0.15) is 0 Å². The number of anilines is 1. The number of thioether (sulfide) groups is 1. The zero-order valence-electron chi connectivity index (χ0n) is 15.8. The monoisotopic (exact) mass is 507 g/mol. The van der Waals surface area contributed by atoms with E-state index in [0.717, 1.165) is 28.0 Å². The first-order chi connectivity index (χ1) is 15.3. The highest BCUT2D eigenvalue weighted by Crippen LogP contribution is 2.54. The highest BCUT2D eigenvalue weighted by Gasteiger charge is 2.56. The van der Waals surface area contributed by atoms with Gasteiger partial charge in [-0.1, -0.05) is 58.4 Å². The summed E-state index contributed by atoms with van der Waals surface area (Å²) < 4.78 is 0. The molecule has 2 aromatic carbocycles. The van der Waals surface area contributed by atoms with Gasteiger partial charge < -0.3 is 4.98 Å². The SMILES string of the molecule is O=C1C2Sc3[nH]c(=O)sc3C(c3cccc(Cl)c3Cl)C2C(=O)N1c1ccc([N+](=O)[O-])cc1. The second-order valence-corrected chi connectivity index (χ2v) is 10.1. The van der Waals surface area contributed by atoms with Crippen molar-refractivity contribution in [2.24, 2.45) is 5.92 Å². The van der Waals surface area contributed by atoms with E-state index in [2.05, 4.69) is 4.98 Å². The molecule has 0 saturated carbocycles. The third-order valence-corrected chi connectivity index (χ3v) is 8.69. The van der Waals surface area contributed by atoms with E-state index in [-0.39, 0.29) is 21.3 Å². The Bertz CT molecular complexity index is 1350. The molecule has 1 fully saturated rings. The van der Waals surface area contributed by atoms with Crippen LogP contribution < -0.4 is 9.77 Å². The Labute approximate surface area is 198 Å². The van der Waals surface area contributed by atoms with Gasteiger partial charge in [-0.05, 0) is 23.8 Å². The fourth-order valence-electron chi connectivity index (χ4n) is 4.09. The van der Waals surface area contributed by atoms with Crippen LogP contribution in [0.2, 0.25) is 10.0 Å². The lowest BCUT2D eigenvalue weighted by Crippen LogP contribution is -2.32. The second kappa shape index (κ2) is 7.73. The third kappa shape index (κ3) is 3.17. The predicted molar refractivity (Wildman–Crippen MR) is 122 cm³/mol. The molecule has 12 heteroatoms. The normalized spacial score (nSPS) is 22.1. The van der Waals surface area contributed by atoms with E-state index in [0.29, 0.717) is 20.5 Å². The number of hydrogen-bond acceptors (Lipinski definition) is 7. The first-order valence-electron chi connectivity index (χ1n) is 9.23. The van der Waals surface area contributed by atoms with Crippen molar-refractivity contribution in [3.8, 4) is 0 Å². The molecule has 5 rings (SSSR count). The summed E-state index contributed by atoms with van der Waals surface area (Å²) in [5, 5.41) is 11.2. The first kappa shape index (κ1) is 21.2. The van der Waals surface area contributed by atoms with Crippen LogP contribution in [0, 0.1) is 16.0 Å². The van der Waals surface area contributed by atoms with E-state index in [1.54, 1.807) is 18.2 Å². The van der Waals surface area contributed by atoms with E-state index < -0.39 is 33.8 Å². The molecule has 32 heavy (non-hydrogen) atoms. The van der Waals surface area contributed by atoms with Gasteiger partial charge in [0.2, 0.25) is 11.8 Å². The van der Waals surface area contributed by atoms with Gasteiger partial charge >= 0.3 is 4.87 Å². The summed E-state index contributed by atoms with van der Waals surface area (Å²) in [6.07, 6.45) is 0. The van der Waals surface area contributed by atoms with Crippen LogP contribution in [-0.4, -0.2) is 27.0 Å². The largest absolute Gasteiger partial charge is 0.307 e. The standard InChI is InChI=1S/C20H11Cl2N3O5S2/c21-11-3-1-2-10(14(11)22)12-13-16(31-17-15(12)32-20(28)23-17)19(27)24(18(13)26)8-4-6-9(7-5-8)25(29)30/h1-7,12-13,16H,(H,23,28). The predicted octanol–water partition coefficient (Wildman–Crippen LogP) is 4.45. The fraction of sp³-hybridized carbons (Fsp3) is 0.150. The quantitative estimate of drug-likeness (QED) is 0.318. The molecule has 2 aliphatic heterocycles. The molecule has 0 bridgehead atoms. The van der Waals surface area contributed by atoms with E-state index in [1.165, 1.54) is 24.3 Å². The number of imide groups is 1. The van der Waals surface area contributed by atoms with E-state index >= 15 is 0 Å². The smallest absolute Gasteiger partial charge is 0.305 e. The number of benzene rings is 2. The molecule has 1 N–H and O–H groups in total. The Hall–Kier alpha value is -2.66. The van der Waals surface area contributed by atoms with Crippen LogP contribution in [0.25, 0.3) is 0 Å². The maximum atomic E-state index is 13.6. The van der Waals surface area contributed by atoms with Crippen LogP contribution in [0.5, 0.6) is 0 Å². The number of nitro benzene ring substituents is 1. The Morgan fingerprint density at radius 2 is 1.75 bits per heavy atom. The highest BCUT2D eigenvalue weighted by molar-refractivity contribution is 8.00. The van der Waals surface area contributed by atoms with Crippen molar-refractivity contribution < 1.29 is 14.5 Å². The number of amides is 2. The fourth-order valence-corrected chi connectivity index (χ4v) is 7.02. The van der Waals surface area contributed by atoms with Crippen LogP contribution in [-0.2, 0) is 9.59 Å². The van der Waals surface area contributed by atoms with Crippen LogP contribution in [0.4, 0.5) is 11.4 Å². The molecule has 8 nitrogen and oxygen atoms in total. The van der Waals surface area contributed by atoms with Crippen LogP contribution in [0.1, 0.15) is 16.4 Å². The number of carbonyl (C=O) groups is 2. The first-order valence-corrected chi connectivity index (χ1v) is 11.7. The number of nitrogens with zero attached hydrogens (tertiary/aromatic N) is 2. The number of thiazole rings is 1. The molecular formula is C20H11Cl2N3O5S2. The average Bonchev–Trinajstić information content (AvgIpc) is 3.25. The van der Waals surface area contributed by atoms with Gasteiger partial charge in [-0.15, -0.1) is 0 Å². The van der Waals surface area contributed by atoms with E-state index in [9.17, 15) is 24.5 Å². The second-order valence-electron chi connectivity index (χ2n) is 7.18. The topological polar surface area (TPSA) is 113 Å². The number of non-ortho nitro benzene ring substituents is 1. The summed E-state index contributed by atoms with van der Waals surface area (Å²) in [5.74, 6) is -2.39. The van der Waals surface area contributed by atoms with Crippen molar-refractivity contribution in [1.29, 1.82) is 0 Å². The summed E-state index contributed by atoms with van der Waals surface area (Å²) in [6, 6.07) is 10.3. The summed E-state index contributed by atoms with van der Waals surface area (Å²) in [7, 11) is 0. The van der Waals surface area contributed by atoms with Gasteiger partial charge in [0.05, 0.1) is 31.6 Å². The molecule has 0 spiro atoms. The molecule has 0 radical (unpaired) electrons. The highest BCUT2D eigenvalue weighted by atomic mass is 35.5. The number of aromatic nitrogens is 1. The molecular weight excluding hydrogens is 497 g/mol. The van der Waals surface area contributed by atoms with Gasteiger partial charge in [-0.25, -0.2) is 4.90 Å². The van der Waals surface area contributed by atoms with Crippen LogP contribution >= 0.6 is 46.3 Å². The Kier molecular flexibility index (Phi) is 5.12. The van der Waals surface area contributed by atoms with E-state index in [4.69, 9.17) is 23.2 Å². The molecule has 3 unspecified atom stereocenters. The minimum absolute atomic E-state index is 0.150. The lowest BCUT2D eigenvalue weighted by atomic mass is 9.83. The Morgan fingerprint density at radius 3 is 2.44 bits per heavy atom. The maximum absolute atomic E-state index is 13.6. The molecule has 3 atom stereocenters. The van der Waals surface area contributed by atoms with Crippen LogP contribution in [0.15, 0.2) is 52.3 Å². The summed E-state index contributed by atoms with van der Waals surface area (Å²) in [6.45, 7) is 0.